The third-order valence-electron chi connectivity index (χ3n) is 6.88. The molecule has 1 unspecified atom stereocenters. The zero-order valence-electron chi connectivity index (χ0n) is 23.2. The number of hydrogen-bond donors (Lipinski definition) is 1. The Bertz CT molecular complexity index is 1470. The Morgan fingerprint density at radius 2 is 1.77 bits per heavy atom. The highest BCUT2D eigenvalue weighted by atomic mass is 35.5. The van der Waals surface area contributed by atoms with Crippen molar-refractivity contribution in [2.45, 2.75) is 59.2 Å². The molecule has 1 N–H and O–H groups in total. The number of carbonyl (C=O) groups excluding carboxylic acids is 1. The van der Waals surface area contributed by atoms with Crippen LogP contribution in [0.4, 0.5) is 0 Å². The number of fused-ring (bicyclic) bond motifs is 1. The van der Waals surface area contributed by atoms with Gasteiger partial charge in [-0.15, -0.1) is 0 Å². The van der Waals surface area contributed by atoms with Gasteiger partial charge in [-0.3, -0.25) is 14.2 Å². The van der Waals surface area contributed by atoms with E-state index in [9.17, 15) is 9.59 Å². The molecule has 0 spiro atoms. The molecule has 0 radical (unpaired) electrons. The van der Waals surface area contributed by atoms with Crippen LogP contribution in [0.5, 0.6) is 0 Å². The molecule has 3 aromatic carbocycles. The van der Waals surface area contributed by atoms with Crippen molar-refractivity contribution in [2.75, 3.05) is 13.1 Å². The van der Waals surface area contributed by atoms with Gasteiger partial charge >= 0.3 is 0 Å². The lowest BCUT2D eigenvalue weighted by Gasteiger charge is -2.33. The molecule has 39 heavy (non-hydrogen) atoms. The van der Waals surface area contributed by atoms with E-state index in [4.69, 9.17) is 16.6 Å². The van der Waals surface area contributed by atoms with Crippen LogP contribution in [0.2, 0.25) is 5.02 Å². The Balaban J connectivity index is 1.84. The van der Waals surface area contributed by atoms with Gasteiger partial charge < -0.3 is 10.2 Å². The number of aromatic nitrogens is 2. The maximum Gasteiger partial charge on any atom is 0.261 e. The van der Waals surface area contributed by atoms with E-state index in [1.54, 1.807) is 22.8 Å². The van der Waals surface area contributed by atoms with Crippen molar-refractivity contribution >= 4 is 28.4 Å². The molecule has 204 valence electrons. The zero-order chi connectivity index (χ0) is 27.9. The summed E-state index contributed by atoms with van der Waals surface area (Å²) in [4.78, 5) is 34.8. The van der Waals surface area contributed by atoms with Gasteiger partial charge in [0.25, 0.3) is 11.5 Å². The van der Waals surface area contributed by atoms with Crippen molar-refractivity contribution in [1.29, 1.82) is 0 Å². The summed E-state index contributed by atoms with van der Waals surface area (Å²) in [5.74, 6) is 0.497. The van der Waals surface area contributed by atoms with Crippen LogP contribution in [-0.2, 0) is 6.54 Å². The van der Waals surface area contributed by atoms with Gasteiger partial charge in [0.1, 0.15) is 5.82 Å². The van der Waals surface area contributed by atoms with Gasteiger partial charge in [0.2, 0.25) is 0 Å². The van der Waals surface area contributed by atoms with Gasteiger partial charge in [0, 0.05) is 23.2 Å². The minimum Gasteiger partial charge on any atom is -0.328 e. The zero-order valence-corrected chi connectivity index (χ0v) is 23.9. The second-order valence-electron chi connectivity index (χ2n) is 10.3. The molecule has 4 aromatic rings. The van der Waals surface area contributed by atoms with Gasteiger partial charge in [0.05, 0.1) is 23.5 Å². The molecule has 0 saturated heterocycles. The summed E-state index contributed by atoms with van der Waals surface area (Å²) < 4.78 is 1.72. The largest absolute Gasteiger partial charge is 0.328 e. The molecule has 0 fully saturated rings. The number of carbonyl (C=O) groups is 1. The first kappa shape index (κ1) is 28.5. The van der Waals surface area contributed by atoms with Crippen LogP contribution in [0.15, 0.2) is 77.6 Å². The lowest BCUT2D eigenvalue weighted by molar-refractivity contribution is 0.0654. The minimum absolute atomic E-state index is 0.0712. The molecule has 1 amide bonds. The molecule has 0 aliphatic rings. The maximum atomic E-state index is 14.0. The molecule has 1 atom stereocenters. The number of rotatable bonds is 11. The van der Waals surface area contributed by atoms with Crippen LogP contribution in [-0.4, -0.2) is 39.5 Å². The summed E-state index contributed by atoms with van der Waals surface area (Å²) in [7, 11) is 0. The predicted molar refractivity (Wildman–Crippen MR) is 160 cm³/mol. The molecule has 0 bridgehead atoms. The van der Waals surface area contributed by atoms with Gasteiger partial charge in [-0.25, -0.2) is 4.98 Å². The molecule has 7 heteroatoms. The Morgan fingerprint density at radius 1 is 1.05 bits per heavy atom. The molecular formula is C32H37ClN4O2. The van der Waals surface area contributed by atoms with Crippen molar-refractivity contribution < 1.29 is 4.79 Å². The van der Waals surface area contributed by atoms with Crippen LogP contribution in [0, 0.1) is 6.92 Å². The average molecular weight is 545 g/mol. The lowest BCUT2D eigenvalue weighted by atomic mass is 10.1. The Morgan fingerprint density at radius 3 is 2.44 bits per heavy atom. The van der Waals surface area contributed by atoms with E-state index in [2.05, 4.69) is 19.2 Å². The third-order valence-corrected chi connectivity index (χ3v) is 7.11. The van der Waals surface area contributed by atoms with Crippen LogP contribution in [0.1, 0.15) is 67.0 Å². The predicted octanol–water partition coefficient (Wildman–Crippen LogP) is 6.39. The fourth-order valence-electron chi connectivity index (χ4n) is 4.83. The number of amides is 1. The molecular weight excluding hydrogens is 508 g/mol. The summed E-state index contributed by atoms with van der Waals surface area (Å²) in [6.45, 7) is 9.92. The van der Waals surface area contributed by atoms with Crippen molar-refractivity contribution in [3.8, 4) is 0 Å². The molecule has 0 aliphatic heterocycles. The van der Waals surface area contributed by atoms with E-state index in [-0.39, 0.29) is 11.5 Å². The summed E-state index contributed by atoms with van der Waals surface area (Å²) >= 11 is 6.30. The quantitative estimate of drug-likeness (QED) is 0.222. The fraction of sp³-hybridized carbons (Fsp3) is 0.344. The SMILES string of the molecule is CCC(c1nc2cc(Cl)ccc2c(=O)n1Cc1ccccc1)N(CCCNC(C)C)C(=O)c1ccc(C)cc1. The van der Waals surface area contributed by atoms with E-state index in [0.29, 0.717) is 52.9 Å². The van der Waals surface area contributed by atoms with Crippen molar-refractivity contribution in [2.24, 2.45) is 0 Å². The Hall–Kier alpha value is -3.48. The van der Waals surface area contributed by atoms with Crippen LogP contribution in [0.25, 0.3) is 10.9 Å². The maximum absolute atomic E-state index is 14.0. The molecule has 6 nitrogen and oxygen atoms in total. The summed E-state index contributed by atoms with van der Waals surface area (Å²) in [6.07, 6.45) is 1.37. The smallest absolute Gasteiger partial charge is 0.261 e. The second kappa shape index (κ2) is 13.0. The third kappa shape index (κ3) is 6.94. The molecule has 4 rings (SSSR count). The van der Waals surface area contributed by atoms with E-state index >= 15 is 0 Å². The molecule has 1 aromatic heterocycles. The summed E-state index contributed by atoms with van der Waals surface area (Å²) in [6, 6.07) is 22.6. The normalized spacial score (nSPS) is 12.2. The number of benzene rings is 3. The number of nitrogens with one attached hydrogen (secondary N) is 1. The standard InChI is InChI=1S/C32H37ClN4O2/c1-5-29(36(19-9-18-34-22(2)3)31(38)25-14-12-23(4)13-15-25)30-35-28-20-26(33)16-17-27(28)32(39)37(30)21-24-10-7-6-8-11-24/h6-8,10-17,20,22,29,34H,5,9,18-19,21H2,1-4H3. The van der Waals surface area contributed by atoms with E-state index in [0.717, 1.165) is 24.1 Å². The second-order valence-corrected chi connectivity index (χ2v) is 10.7. The topological polar surface area (TPSA) is 67.2 Å². The monoisotopic (exact) mass is 544 g/mol. The number of halogens is 1. The highest BCUT2D eigenvalue weighted by Crippen LogP contribution is 2.27. The molecule has 0 aliphatic carbocycles. The first-order valence-electron chi connectivity index (χ1n) is 13.6. The van der Waals surface area contributed by atoms with Crippen molar-refractivity contribution in [3.05, 3.63) is 111 Å². The lowest BCUT2D eigenvalue weighted by Crippen LogP contribution is -2.40. The number of aryl methyl sites for hydroxylation is 1. The van der Waals surface area contributed by atoms with Crippen molar-refractivity contribution in [1.82, 2.24) is 19.8 Å². The van der Waals surface area contributed by atoms with Crippen molar-refractivity contribution in [3.63, 3.8) is 0 Å². The number of nitrogens with zero attached hydrogens (tertiary/aromatic N) is 3. The summed E-state index contributed by atoms with van der Waals surface area (Å²) in [5, 5.41) is 4.47. The highest BCUT2D eigenvalue weighted by molar-refractivity contribution is 6.31. The highest BCUT2D eigenvalue weighted by Gasteiger charge is 2.29. The first-order chi connectivity index (χ1) is 18.8. The van der Waals surface area contributed by atoms with Crippen LogP contribution < -0.4 is 10.9 Å². The minimum atomic E-state index is -0.405. The Kier molecular flexibility index (Phi) is 9.54. The van der Waals surface area contributed by atoms with Gasteiger partial charge in [-0.1, -0.05) is 80.4 Å². The Labute approximate surface area is 235 Å². The van der Waals surface area contributed by atoms with Crippen LogP contribution >= 0.6 is 11.6 Å². The molecule has 0 saturated carbocycles. The first-order valence-corrected chi connectivity index (χ1v) is 14.0. The van der Waals surface area contributed by atoms with Crippen LogP contribution in [0.3, 0.4) is 0 Å². The van der Waals surface area contributed by atoms with E-state index in [1.807, 2.05) is 73.3 Å². The average Bonchev–Trinajstić information content (AvgIpc) is 2.92. The summed E-state index contributed by atoms with van der Waals surface area (Å²) in [5.41, 5.74) is 3.10. The van der Waals surface area contributed by atoms with E-state index in [1.165, 1.54) is 0 Å². The number of hydrogen-bond acceptors (Lipinski definition) is 4. The van der Waals surface area contributed by atoms with Gasteiger partial charge in [-0.05, 0) is 62.2 Å². The van der Waals surface area contributed by atoms with Gasteiger partial charge in [-0.2, -0.15) is 0 Å². The van der Waals surface area contributed by atoms with Gasteiger partial charge in [0.15, 0.2) is 0 Å². The van der Waals surface area contributed by atoms with E-state index < -0.39 is 6.04 Å². The molecule has 1 heterocycles. The fourth-order valence-corrected chi connectivity index (χ4v) is 4.99.